The van der Waals surface area contributed by atoms with Crippen LogP contribution in [0.3, 0.4) is 0 Å². The first-order valence-electron chi connectivity index (χ1n) is 6.89. The van der Waals surface area contributed by atoms with Gasteiger partial charge in [0.2, 0.25) is 10.0 Å². The summed E-state index contributed by atoms with van der Waals surface area (Å²) in [6, 6.07) is 3.97. The van der Waals surface area contributed by atoms with Crippen LogP contribution >= 0.6 is 22.9 Å². The number of ether oxygens (including phenoxy) is 1. The summed E-state index contributed by atoms with van der Waals surface area (Å²) in [6.07, 6.45) is 0.364. The summed E-state index contributed by atoms with van der Waals surface area (Å²) in [5.41, 5.74) is 0.890. The first kappa shape index (κ1) is 17.4. The third kappa shape index (κ3) is 3.62. The number of hydrogen-bond donors (Lipinski definition) is 2. The van der Waals surface area contributed by atoms with E-state index in [-0.39, 0.29) is 34.4 Å². The fraction of sp³-hybridized carbons (Fsp3) is 0.200. The van der Waals surface area contributed by atoms with Crippen molar-refractivity contribution in [2.45, 2.75) is 6.10 Å². The Morgan fingerprint density at radius 3 is 2.96 bits per heavy atom. The van der Waals surface area contributed by atoms with Gasteiger partial charge in [-0.25, -0.2) is 17.5 Å². The van der Waals surface area contributed by atoms with Gasteiger partial charge in [0, 0.05) is 12.1 Å². The highest BCUT2D eigenvalue weighted by Gasteiger charge is 2.25. The van der Waals surface area contributed by atoms with Gasteiger partial charge in [0.05, 0.1) is 16.0 Å². The Balaban J connectivity index is 1.79. The zero-order valence-corrected chi connectivity index (χ0v) is 14.6. The summed E-state index contributed by atoms with van der Waals surface area (Å²) >= 11 is 7.29. The van der Waals surface area contributed by atoms with E-state index in [2.05, 4.69) is 4.72 Å². The van der Waals surface area contributed by atoms with Gasteiger partial charge in [0.1, 0.15) is 18.2 Å². The number of halogens is 2. The molecule has 0 amide bonds. The molecular weight excluding hydrogens is 377 g/mol. The van der Waals surface area contributed by atoms with E-state index < -0.39 is 21.9 Å². The van der Waals surface area contributed by atoms with Gasteiger partial charge in [-0.15, -0.1) is 0 Å². The highest BCUT2D eigenvalue weighted by molar-refractivity contribution is 7.93. The lowest BCUT2D eigenvalue weighted by molar-refractivity contribution is 0.182. The summed E-state index contributed by atoms with van der Waals surface area (Å²) in [7, 11) is -3.87. The molecule has 1 aliphatic rings. The van der Waals surface area contributed by atoms with Crippen LogP contribution in [0.4, 0.5) is 4.39 Å². The number of aliphatic hydroxyl groups is 1. The Kier molecular flexibility index (Phi) is 4.93. The number of thiophene rings is 1. The predicted molar refractivity (Wildman–Crippen MR) is 91.1 cm³/mol. The number of aliphatic hydroxyl groups excluding tert-OH is 1. The van der Waals surface area contributed by atoms with Gasteiger partial charge < -0.3 is 9.84 Å². The molecule has 0 saturated carbocycles. The Bertz CT molecular complexity index is 881. The molecule has 0 saturated heterocycles. The summed E-state index contributed by atoms with van der Waals surface area (Å²) in [6.45, 7) is -0.393. The van der Waals surface area contributed by atoms with E-state index >= 15 is 0 Å². The van der Waals surface area contributed by atoms with Crippen molar-refractivity contribution in [3.63, 3.8) is 0 Å². The lowest BCUT2D eigenvalue weighted by Gasteiger charge is -2.20. The zero-order chi connectivity index (χ0) is 17.3. The van der Waals surface area contributed by atoms with Crippen molar-refractivity contribution in [1.29, 1.82) is 0 Å². The first-order chi connectivity index (χ1) is 11.4. The second-order valence-electron chi connectivity index (χ2n) is 5.13. The van der Waals surface area contributed by atoms with E-state index in [9.17, 15) is 17.9 Å². The van der Waals surface area contributed by atoms with Gasteiger partial charge >= 0.3 is 0 Å². The fourth-order valence-corrected chi connectivity index (χ4v) is 4.25. The molecule has 24 heavy (non-hydrogen) atoms. The number of sulfonamides is 1. The number of nitrogens with one attached hydrogen (secondary N) is 1. The quantitative estimate of drug-likeness (QED) is 0.824. The number of rotatable bonds is 5. The van der Waals surface area contributed by atoms with Crippen LogP contribution in [0.1, 0.15) is 17.2 Å². The normalized spacial score (nSPS) is 15.4. The topological polar surface area (TPSA) is 75.6 Å². The molecule has 0 spiro atoms. The van der Waals surface area contributed by atoms with E-state index in [1.54, 1.807) is 16.8 Å². The minimum Gasteiger partial charge on any atom is -0.486 e. The van der Waals surface area contributed by atoms with Crippen LogP contribution in [0.15, 0.2) is 33.9 Å². The molecule has 5 nitrogen and oxygen atoms in total. The van der Waals surface area contributed by atoms with Crippen molar-refractivity contribution < 1.29 is 22.7 Å². The van der Waals surface area contributed by atoms with Crippen LogP contribution in [0.2, 0.25) is 5.02 Å². The van der Waals surface area contributed by atoms with E-state index in [4.69, 9.17) is 16.3 Å². The third-order valence-corrected chi connectivity index (χ3v) is 5.91. The van der Waals surface area contributed by atoms with Crippen LogP contribution < -0.4 is 9.46 Å². The Morgan fingerprint density at radius 2 is 2.25 bits per heavy atom. The fourth-order valence-electron chi connectivity index (χ4n) is 2.22. The molecule has 2 aromatic rings. The van der Waals surface area contributed by atoms with Crippen molar-refractivity contribution in [3.05, 3.63) is 55.8 Å². The maximum Gasteiger partial charge on any atom is 0.240 e. The molecule has 1 atom stereocenters. The molecule has 1 aromatic carbocycles. The van der Waals surface area contributed by atoms with Gasteiger partial charge in [-0.2, -0.15) is 11.3 Å². The molecule has 0 radical (unpaired) electrons. The Hall–Kier alpha value is -1.45. The van der Waals surface area contributed by atoms with Crippen LogP contribution in [-0.2, 0) is 10.0 Å². The highest BCUT2D eigenvalue weighted by atomic mass is 35.5. The minimum atomic E-state index is -3.87. The Morgan fingerprint density at radius 1 is 1.46 bits per heavy atom. The first-order valence-corrected chi connectivity index (χ1v) is 9.69. The molecule has 0 aliphatic carbocycles. The predicted octanol–water partition coefficient (Wildman–Crippen LogP) is 2.93. The second-order valence-corrected chi connectivity index (χ2v) is 8.14. The standard InChI is InChI=1S/C15H13ClFNO4S2/c16-13-5-11(17)3-10-4-12(7-22-15(10)13)24(20,21)18-6-14(19)9-1-2-23-8-9/h1-5,8,14,18-19H,6-7H2. The van der Waals surface area contributed by atoms with E-state index in [1.807, 2.05) is 0 Å². The average molecular weight is 390 g/mol. The molecule has 1 unspecified atom stereocenters. The van der Waals surface area contributed by atoms with Crippen LogP contribution in [0.5, 0.6) is 5.75 Å². The van der Waals surface area contributed by atoms with Crippen molar-refractivity contribution >= 4 is 39.0 Å². The summed E-state index contributed by atoms with van der Waals surface area (Å²) in [5.74, 6) is -0.339. The lowest BCUT2D eigenvalue weighted by atomic mass is 10.1. The SMILES string of the molecule is O=S(=O)(NCC(O)c1ccsc1)C1=Cc2cc(F)cc(Cl)c2OC1. The van der Waals surface area contributed by atoms with E-state index in [0.717, 1.165) is 12.1 Å². The highest BCUT2D eigenvalue weighted by Crippen LogP contribution is 2.35. The van der Waals surface area contributed by atoms with Crippen molar-refractivity contribution in [3.8, 4) is 5.75 Å². The molecule has 0 bridgehead atoms. The van der Waals surface area contributed by atoms with Gasteiger partial charge in [-0.1, -0.05) is 11.6 Å². The molecule has 0 fully saturated rings. The molecular formula is C15H13ClFNO4S2. The maximum atomic E-state index is 13.4. The summed E-state index contributed by atoms with van der Waals surface area (Å²) < 4.78 is 45.8. The van der Waals surface area contributed by atoms with Gasteiger partial charge in [0.15, 0.2) is 0 Å². The van der Waals surface area contributed by atoms with Crippen LogP contribution in [0.25, 0.3) is 6.08 Å². The maximum absolute atomic E-state index is 13.4. The van der Waals surface area contributed by atoms with Gasteiger partial charge in [0.25, 0.3) is 0 Å². The second kappa shape index (κ2) is 6.81. The molecule has 2 heterocycles. The summed E-state index contributed by atoms with van der Waals surface area (Å²) in [4.78, 5) is -0.0609. The molecule has 2 N–H and O–H groups in total. The van der Waals surface area contributed by atoms with Gasteiger partial charge in [-0.05, 0) is 40.6 Å². The monoisotopic (exact) mass is 389 g/mol. The third-order valence-electron chi connectivity index (χ3n) is 3.45. The summed E-state index contributed by atoms with van der Waals surface area (Å²) in [5, 5.41) is 13.6. The van der Waals surface area contributed by atoms with Crippen LogP contribution in [0, 0.1) is 5.82 Å². The van der Waals surface area contributed by atoms with Crippen molar-refractivity contribution in [2.75, 3.05) is 13.2 Å². The Labute approximate surface area is 147 Å². The lowest BCUT2D eigenvalue weighted by Crippen LogP contribution is -2.31. The van der Waals surface area contributed by atoms with E-state index in [0.29, 0.717) is 5.56 Å². The zero-order valence-electron chi connectivity index (χ0n) is 12.2. The molecule has 9 heteroatoms. The van der Waals surface area contributed by atoms with Gasteiger partial charge in [-0.3, -0.25) is 0 Å². The molecule has 3 rings (SSSR count). The number of fused-ring (bicyclic) bond motifs is 1. The molecule has 1 aliphatic heterocycles. The minimum absolute atomic E-state index is 0.0609. The molecule has 1 aromatic heterocycles. The van der Waals surface area contributed by atoms with E-state index in [1.165, 1.54) is 17.4 Å². The van der Waals surface area contributed by atoms with Crippen molar-refractivity contribution in [1.82, 2.24) is 4.72 Å². The van der Waals surface area contributed by atoms with Crippen LogP contribution in [-0.4, -0.2) is 26.7 Å². The smallest absolute Gasteiger partial charge is 0.240 e. The number of benzene rings is 1. The largest absolute Gasteiger partial charge is 0.486 e. The molecule has 128 valence electrons. The van der Waals surface area contributed by atoms with Crippen molar-refractivity contribution in [2.24, 2.45) is 0 Å². The number of hydrogen-bond acceptors (Lipinski definition) is 5. The average Bonchev–Trinajstić information content (AvgIpc) is 3.06.